The van der Waals surface area contributed by atoms with Crippen molar-refractivity contribution in [3.8, 4) is 0 Å². The molecule has 0 aliphatic carbocycles. The van der Waals surface area contributed by atoms with Crippen molar-refractivity contribution in [1.29, 1.82) is 0 Å². The second-order valence-corrected chi connectivity index (χ2v) is 14.0. The molecule has 0 bridgehead atoms. The van der Waals surface area contributed by atoms with Crippen molar-refractivity contribution >= 4 is 34.3 Å². The first-order valence-corrected chi connectivity index (χ1v) is 16.4. The molecule has 230 valence electrons. The molecule has 3 N–H and O–H groups in total. The van der Waals surface area contributed by atoms with Gasteiger partial charge in [-0.25, -0.2) is 0 Å². The average molecular weight is 610 g/mol. The van der Waals surface area contributed by atoms with Gasteiger partial charge in [0.25, 0.3) is 11.8 Å². The molecule has 2 amide bonds. The highest BCUT2D eigenvalue weighted by Crippen LogP contribution is 2.26. The van der Waals surface area contributed by atoms with E-state index in [1.54, 1.807) is 17.8 Å². The number of aliphatic hydroxyl groups excluding tert-OH is 1. The molecule has 5 rings (SSSR count). The van der Waals surface area contributed by atoms with Crippen LogP contribution in [0.25, 0.3) is 10.8 Å². The number of hydrogen-bond donors (Lipinski definition) is 3. The first kappa shape index (κ1) is 31.8. The molecule has 0 aromatic heterocycles. The maximum absolute atomic E-state index is 13.8. The summed E-state index contributed by atoms with van der Waals surface area (Å²) in [5.74, 6) is 0.378. The third-order valence-corrected chi connectivity index (χ3v) is 9.11. The second kappa shape index (κ2) is 14.0. The summed E-state index contributed by atoms with van der Waals surface area (Å²) in [5.41, 5.74) is 3.85. The largest absolute Gasteiger partial charge is 0.391 e. The van der Waals surface area contributed by atoms with Gasteiger partial charge >= 0.3 is 0 Å². The van der Waals surface area contributed by atoms with Gasteiger partial charge in [0, 0.05) is 46.8 Å². The Labute approximate surface area is 265 Å². The quantitative estimate of drug-likeness (QED) is 0.186. The number of hydrogen-bond acceptors (Lipinski definition) is 5. The van der Waals surface area contributed by atoms with E-state index in [1.807, 2.05) is 63.2 Å². The lowest BCUT2D eigenvalue weighted by Gasteiger charge is -2.28. The molecule has 0 saturated heterocycles. The van der Waals surface area contributed by atoms with E-state index in [0.29, 0.717) is 23.3 Å². The lowest BCUT2D eigenvalue weighted by atomic mass is 9.93. The van der Waals surface area contributed by atoms with E-state index >= 15 is 0 Å². The minimum Gasteiger partial charge on any atom is -0.391 e. The molecule has 0 unspecified atom stereocenters. The number of benzene rings is 4. The Hall–Kier alpha value is -3.65. The van der Waals surface area contributed by atoms with Crippen molar-refractivity contribution in [3.05, 3.63) is 113 Å². The molecule has 4 aromatic carbocycles. The number of carbonyl (C=O) groups is 2. The fourth-order valence-corrected chi connectivity index (χ4v) is 6.81. The molecule has 0 radical (unpaired) electrons. The predicted molar refractivity (Wildman–Crippen MR) is 180 cm³/mol. The number of likely N-dealkylation sites (N-methyl/N-ethyl adjacent to an activating group) is 1. The van der Waals surface area contributed by atoms with Crippen LogP contribution in [0.3, 0.4) is 0 Å². The van der Waals surface area contributed by atoms with Gasteiger partial charge in [0.2, 0.25) is 0 Å². The number of thioether (sulfide) groups is 1. The number of amides is 2. The summed E-state index contributed by atoms with van der Waals surface area (Å²) in [7, 11) is 2.09. The van der Waals surface area contributed by atoms with Crippen molar-refractivity contribution in [1.82, 2.24) is 15.5 Å². The van der Waals surface area contributed by atoms with E-state index in [2.05, 4.69) is 59.0 Å². The third-order valence-electron chi connectivity index (χ3n) is 8.08. The average Bonchev–Trinajstić information content (AvgIpc) is 2.99. The Kier molecular flexibility index (Phi) is 10.1. The van der Waals surface area contributed by atoms with Crippen molar-refractivity contribution in [2.45, 2.75) is 69.2 Å². The summed E-state index contributed by atoms with van der Waals surface area (Å²) in [6, 6.07) is 27.5. The van der Waals surface area contributed by atoms with Crippen LogP contribution in [-0.2, 0) is 19.4 Å². The maximum atomic E-state index is 13.8. The van der Waals surface area contributed by atoms with Crippen LogP contribution in [0.15, 0.2) is 89.8 Å². The van der Waals surface area contributed by atoms with E-state index in [0.717, 1.165) is 35.5 Å². The smallest absolute Gasteiger partial charge is 0.251 e. The molecular formula is C37H43N3O3S. The third kappa shape index (κ3) is 8.08. The zero-order valence-corrected chi connectivity index (χ0v) is 26.9. The summed E-state index contributed by atoms with van der Waals surface area (Å²) >= 11 is 1.72. The Bertz CT molecular complexity index is 1630. The van der Waals surface area contributed by atoms with Gasteiger partial charge in [-0.1, -0.05) is 60.7 Å². The van der Waals surface area contributed by atoms with Crippen LogP contribution in [0.1, 0.15) is 64.6 Å². The van der Waals surface area contributed by atoms with E-state index in [-0.39, 0.29) is 23.8 Å². The summed E-state index contributed by atoms with van der Waals surface area (Å²) in [6.45, 7) is 7.56. The fraction of sp³-hybridized carbons (Fsp3) is 0.351. The van der Waals surface area contributed by atoms with Crippen molar-refractivity contribution in [2.75, 3.05) is 19.3 Å². The minimum absolute atomic E-state index is 0.162. The van der Waals surface area contributed by atoms with Crippen LogP contribution < -0.4 is 10.6 Å². The lowest BCUT2D eigenvalue weighted by Crippen LogP contribution is -2.45. The van der Waals surface area contributed by atoms with E-state index in [1.165, 1.54) is 16.3 Å². The summed E-state index contributed by atoms with van der Waals surface area (Å²) in [6.07, 6.45) is 0.747. The van der Waals surface area contributed by atoms with E-state index in [9.17, 15) is 14.7 Å². The highest BCUT2D eigenvalue weighted by molar-refractivity contribution is 7.99. The second-order valence-electron chi connectivity index (χ2n) is 12.8. The molecule has 2 atom stereocenters. The molecule has 44 heavy (non-hydrogen) atoms. The Morgan fingerprint density at radius 3 is 2.43 bits per heavy atom. The minimum atomic E-state index is -0.884. The zero-order chi connectivity index (χ0) is 31.3. The molecular weight excluding hydrogens is 566 g/mol. The molecule has 0 saturated carbocycles. The number of carbonyl (C=O) groups excluding carboxylic acids is 2. The number of rotatable bonds is 10. The zero-order valence-electron chi connectivity index (χ0n) is 26.1. The maximum Gasteiger partial charge on any atom is 0.251 e. The molecule has 6 nitrogen and oxygen atoms in total. The van der Waals surface area contributed by atoms with Crippen LogP contribution in [0.5, 0.6) is 0 Å². The van der Waals surface area contributed by atoms with Gasteiger partial charge in [0.05, 0.1) is 12.1 Å². The first-order valence-electron chi connectivity index (χ1n) is 15.4. The molecule has 0 spiro atoms. The van der Waals surface area contributed by atoms with Crippen LogP contribution >= 0.6 is 11.8 Å². The Morgan fingerprint density at radius 2 is 1.64 bits per heavy atom. The summed E-state index contributed by atoms with van der Waals surface area (Å²) < 4.78 is 0. The number of nitrogens with zero attached hydrogens (tertiary/aromatic N) is 1. The molecule has 4 aromatic rings. The van der Waals surface area contributed by atoms with Crippen LogP contribution in [0, 0.1) is 0 Å². The number of aliphatic hydroxyl groups is 1. The first-order chi connectivity index (χ1) is 21.1. The highest BCUT2D eigenvalue weighted by atomic mass is 32.2. The van der Waals surface area contributed by atoms with Crippen LogP contribution in [-0.4, -0.2) is 58.9 Å². The fourth-order valence-electron chi connectivity index (χ4n) is 5.83. The molecule has 1 aliphatic rings. The van der Waals surface area contributed by atoms with Crippen LogP contribution in [0.2, 0.25) is 0 Å². The highest BCUT2D eigenvalue weighted by Gasteiger charge is 2.27. The normalized spacial score (nSPS) is 14.9. The van der Waals surface area contributed by atoms with Gasteiger partial charge in [0.15, 0.2) is 0 Å². The summed E-state index contributed by atoms with van der Waals surface area (Å²) in [4.78, 5) is 30.3. The SMILES string of the molecule is CN1CCc2c(cccc2C(=O)N[C@@H](CCSc2ccc3ccccc3c2)[C@H](O)Cc2ccccc2C(=O)NC(C)(C)C)C1. The monoisotopic (exact) mass is 609 g/mol. The topological polar surface area (TPSA) is 81.7 Å². The van der Waals surface area contributed by atoms with Crippen molar-refractivity contribution in [3.63, 3.8) is 0 Å². The van der Waals surface area contributed by atoms with Gasteiger partial charge in [-0.3, -0.25) is 9.59 Å². The van der Waals surface area contributed by atoms with Crippen LogP contribution in [0.4, 0.5) is 0 Å². The van der Waals surface area contributed by atoms with Crippen molar-refractivity contribution in [2.24, 2.45) is 0 Å². The molecule has 1 heterocycles. The molecule has 0 fully saturated rings. The molecule has 7 heteroatoms. The van der Waals surface area contributed by atoms with Gasteiger partial charge in [-0.05, 0) is 92.4 Å². The molecule has 1 aliphatic heterocycles. The lowest BCUT2D eigenvalue weighted by molar-refractivity contribution is 0.0822. The standard InChI is InChI=1S/C37H43N3O3S/c1-37(2,3)39-36(43)31-14-8-7-12-27(31)23-34(41)33(19-21-44-29-17-16-25-10-5-6-11-26(25)22-29)38-35(42)32-15-9-13-28-24-40(4)20-18-30(28)32/h5-17,22,33-34,41H,18-21,23-24H2,1-4H3,(H,38,42)(H,39,43)/t33-,34+/m0/s1. The van der Waals surface area contributed by atoms with Crippen molar-refractivity contribution < 1.29 is 14.7 Å². The van der Waals surface area contributed by atoms with Gasteiger partial charge < -0.3 is 20.6 Å². The van der Waals surface area contributed by atoms with E-state index in [4.69, 9.17) is 0 Å². The number of nitrogens with one attached hydrogen (secondary N) is 2. The van der Waals surface area contributed by atoms with Gasteiger partial charge in [-0.2, -0.15) is 0 Å². The summed E-state index contributed by atoms with van der Waals surface area (Å²) in [5, 5.41) is 20.3. The van der Waals surface area contributed by atoms with Gasteiger partial charge in [-0.15, -0.1) is 11.8 Å². The number of fused-ring (bicyclic) bond motifs is 2. The Morgan fingerprint density at radius 1 is 0.909 bits per heavy atom. The van der Waals surface area contributed by atoms with Gasteiger partial charge in [0.1, 0.15) is 0 Å². The predicted octanol–water partition coefficient (Wildman–Crippen LogP) is 6.24. The van der Waals surface area contributed by atoms with E-state index < -0.39 is 12.1 Å². The Balaban J connectivity index is 1.35.